The van der Waals surface area contributed by atoms with Crippen LogP contribution in [0.1, 0.15) is 33.6 Å². The lowest BCUT2D eigenvalue weighted by Gasteiger charge is -2.49. The monoisotopic (exact) mass is 196 g/mol. The highest BCUT2D eigenvalue weighted by atomic mass is 15.2. The molecule has 0 radical (unpaired) electrons. The summed E-state index contributed by atoms with van der Waals surface area (Å²) in [6, 6.07) is 0.702. The molecule has 1 saturated heterocycles. The Kier molecular flexibility index (Phi) is 2.61. The molecule has 0 aromatic carbocycles. The van der Waals surface area contributed by atoms with Gasteiger partial charge < -0.3 is 5.73 Å². The Morgan fingerprint density at radius 1 is 1.29 bits per heavy atom. The van der Waals surface area contributed by atoms with E-state index in [2.05, 4.69) is 25.7 Å². The minimum absolute atomic E-state index is 0.485. The smallest absolute Gasteiger partial charge is 0.0246 e. The van der Waals surface area contributed by atoms with Crippen molar-refractivity contribution in [2.75, 3.05) is 19.6 Å². The van der Waals surface area contributed by atoms with E-state index in [-0.39, 0.29) is 0 Å². The number of hydrogen-bond donors (Lipinski definition) is 1. The molecule has 1 atom stereocenters. The summed E-state index contributed by atoms with van der Waals surface area (Å²) in [5.74, 6) is 1.82. The molecule has 2 fully saturated rings. The van der Waals surface area contributed by atoms with Gasteiger partial charge in [-0.1, -0.05) is 20.8 Å². The van der Waals surface area contributed by atoms with Gasteiger partial charge in [-0.2, -0.15) is 0 Å². The lowest BCUT2D eigenvalue weighted by molar-refractivity contribution is -0.0109. The van der Waals surface area contributed by atoms with E-state index in [1.165, 1.54) is 25.9 Å². The van der Waals surface area contributed by atoms with Crippen LogP contribution in [0.5, 0.6) is 0 Å². The molecule has 1 aliphatic carbocycles. The van der Waals surface area contributed by atoms with Gasteiger partial charge in [0.1, 0.15) is 0 Å². The Bertz CT molecular complexity index is 197. The van der Waals surface area contributed by atoms with Gasteiger partial charge in [-0.25, -0.2) is 0 Å². The predicted octanol–water partition coefficient (Wildman–Crippen LogP) is 1.70. The van der Waals surface area contributed by atoms with E-state index in [4.69, 9.17) is 5.73 Å². The molecule has 2 N–H and O–H groups in total. The van der Waals surface area contributed by atoms with Crippen molar-refractivity contribution in [2.45, 2.75) is 39.7 Å². The second kappa shape index (κ2) is 3.49. The van der Waals surface area contributed by atoms with E-state index in [9.17, 15) is 0 Å². The summed E-state index contributed by atoms with van der Waals surface area (Å²) in [4.78, 5) is 2.60. The topological polar surface area (TPSA) is 29.3 Å². The second-order valence-electron chi connectivity index (χ2n) is 6.16. The molecule has 1 saturated carbocycles. The summed E-state index contributed by atoms with van der Waals surface area (Å²) >= 11 is 0. The van der Waals surface area contributed by atoms with Crippen LogP contribution >= 0.6 is 0 Å². The zero-order valence-corrected chi connectivity index (χ0v) is 9.79. The van der Waals surface area contributed by atoms with Gasteiger partial charge >= 0.3 is 0 Å². The molecule has 2 heteroatoms. The second-order valence-corrected chi connectivity index (χ2v) is 6.16. The molecule has 0 spiro atoms. The molecule has 0 bridgehead atoms. The van der Waals surface area contributed by atoms with Crippen molar-refractivity contribution in [2.24, 2.45) is 23.0 Å². The molecule has 1 heterocycles. The first-order valence-corrected chi connectivity index (χ1v) is 5.96. The lowest BCUT2D eigenvalue weighted by Crippen LogP contribution is -2.58. The van der Waals surface area contributed by atoms with E-state index in [1.807, 2.05) is 0 Å². The van der Waals surface area contributed by atoms with Crippen LogP contribution in [0.4, 0.5) is 0 Å². The highest BCUT2D eigenvalue weighted by molar-refractivity contribution is 4.96. The normalized spacial score (nSPS) is 27.4. The van der Waals surface area contributed by atoms with Crippen molar-refractivity contribution in [3.63, 3.8) is 0 Å². The summed E-state index contributed by atoms with van der Waals surface area (Å²) in [7, 11) is 0. The van der Waals surface area contributed by atoms with Crippen LogP contribution in [0, 0.1) is 17.3 Å². The largest absolute Gasteiger partial charge is 0.329 e. The van der Waals surface area contributed by atoms with Crippen molar-refractivity contribution in [1.29, 1.82) is 0 Å². The Morgan fingerprint density at radius 3 is 2.21 bits per heavy atom. The highest BCUT2D eigenvalue weighted by Crippen LogP contribution is 2.41. The fraction of sp³-hybridized carbons (Fsp3) is 1.00. The van der Waals surface area contributed by atoms with Gasteiger partial charge in [-0.3, -0.25) is 4.90 Å². The van der Waals surface area contributed by atoms with E-state index in [1.54, 1.807) is 0 Å². The molecule has 0 aromatic heterocycles. The SMILES string of the molecule is CC(C)(C)C1CN(C(CN)C2CC2)C1. The zero-order valence-electron chi connectivity index (χ0n) is 9.79. The third kappa shape index (κ3) is 1.96. The van der Waals surface area contributed by atoms with Crippen LogP contribution in [0.2, 0.25) is 0 Å². The molecule has 82 valence electrons. The zero-order chi connectivity index (χ0) is 10.3. The summed E-state index contributed by atoms with van der Waals surface area (Å²) < 4.78 is 0. The Labute approximate surface area is 87.8 Å². The Balaban J connectivity index is 1.81. The van der Waals surface area contributed by atoms with Gasteiger partial charge in [0.2, 0.25) is 0 Å². The van der Waals surface area contributed by atoms with Crippen molar-refractivity contribution < 1.29 is 0 Å². The standard InChI is InChI=1S/C12H24N2/c1-12(2,3)10-7-14(8-10)11(6-13)9-4-5-9/h9-11H,4-8,13H2,1-3H3. The van der Waals surface area contributed by atoms with Crippen LogP contribution < -0.4 is 5.73 Å². The molecule has 1 aliphatic heterocycles. The lowest BCUT2D eigenvalue weighted by atomic mass is 9.75. The van der Waals surface area contributed by atoms with Gasteiger partial charge in [0.05, 0.1) is 0 Å². The first-order chi connectivity index (χ1) is 6.52. The molecular weight excluding hydrogens is 172 g/mol. The number of likely N-dealkylation sites (tertiary alicyclic amines) is 1. The number of rotatable bonds is 3. The van der Waals surface area contributed by atoms with Crippen LogP contribution in [-0.4, -0.2) is 30.6 Å². The number of nitrogens with two attached hydrogens (primary N) is 1. The molecule has 1 unspecified atom stereocenters. The van der Waals surface area contributed by atoms with E-state index >= 15 is 0 Å². The molecule has 2 rings (SSSR count). The van der Waals surface area contributed by atoms with E-state index in [0.717, 1.165) is 18.4 Å². The molecular formula is C12H24N2. The first kappa shape index (κ1) is 10.4. The van der Waals surface area contributed by atoms with Crippen molar-refractivity contribution in [1.82, 2.24) is 4.90 Å². The maximum Gasteiger partial charge on any atom is 0.0246 e. The number of nitrogens with zero attached hydrogens (tertiary/aromatic N) is 1. The Morgan fingerprint density at radius 2 is 1.86 bits per heavy atom. The molecule has 2 nitrogen and oxygen atoms in total. The van der Waals surface area contributed by atoms with Crippen molar-refractivity contribution in [3.05, 3.63) is 0 Å². The quantitative estimate of drug-likeness (QED) is 0.744. The predicted molar refractivity (Wildman–Crippen MR) is 60.1 cm³/mol. The van der Waals surface area contributed by atoms with Gasteiger partial charge in [-0.15, -0.1) is 0 Å². The third-order valence-electron chi connectivity index (χ3n) is 4.01. The van der Waals surface area contributed by atoms with Crippen LogP contribution in [0.15, 0.2) is 0 Å². The van der Waals surface area contributed by atoms with Gasteiger partial charge in [0.15, 0.2) is 0 Å². The maximum atomic E-state index is 5.84. The maximum absolute atomic E-state index is 5.84. The summed E-state index contributed by atoms with van der Waals surface area (Å²) in [5.41, 5.74) is 6.32. The molecule has 2 aliphatic rings. The van der Waals surface area contributed by atoms with Crippen molar-refractivity contribution in [3.8, 4) is 0 Å². The van der Waals surface area contributed by atoms with Gasteiger partial charge in [0.25, 0.3) is 0 Å². The fourth-order valence-corrected chi connectivity index (χ4v) is 2.45. The first-order valence-electron chi connectivity index (χ1n) is 5.96. The highest BCUT2D eigenvalue weighted by Gasteiger charge is 2.43. The molecule has 0 amide bonds. The van der Waals surface area contributed by atoms with Gasteiger partial charge in [-0.05, 0) is 30.1 Å². The van der Waals surface area contributed by atoms with Crippen molar-refractivity contribution >= 4 is 0 Å². The fourth-order valence-electron chi connectivity index (χ4n) is 2.45. The average molecular weight is 196 g/mol. The molecule has 0 aromatic rings. The minimum Gasteiger partial charge on any atom is -0.329 e. The van der Waals surface area contributed by atoms with Crippen LogP contribution in [0.3, 0.4) is 0 Å². The summed E-state index contributed by atoms with van der Waals surface area (Å²) in [6.07, 6.45) is 2.83. The van der Waals surface area contributed by atoms with Crippen LogP contribution in [0.25, 0.3) is 0 Å². The van der Waals surface area contributed by atoms with E-state index in [0.29, 0.717) is 11.5 Å². The number of hydrogen-bond acceptors (Lipinski definition) is 2. The average Bonchev–Trinajstić information content (AvgIpc) is 2.74. The van der Waals surface area contributed by atoms with Gasteiger partial charge in [0, 0.05) is 25.7 Å². The summed E-state index contributed by atoms with van der Waals surface area (Å²) in [5, 5.41) is 0. The Hall–Kier alpha value is -0.0800. The van der Waals surface area contributed by atoms with E-state index < -0.39 is 0 Å². The summed E-state index contributed by atoms with van der Waals surface area (Å²) in [6.45, 7) is 10.5. The van der Waals surface area contributed by atoms with Crippen LogP contribution in [-0.2, 0) is 0 Å². The third-order valence-corrected chi connectivity index (χ3v) is 4.01. The minimum atomic E-state index is 0.485. The molecule has 14 heavy (non-hydrogen) atoms.